The molecule has 0 aromatic heterocycles. The van der Waals surface area contributed by atoms with Crippen LogP contribution in [-0.2, 0) is 0 Å². The van der Waals surface area contributed by atoms with Crippen molar-refractivity contribution in [2.75, 3.05) is 0 Å². The summed E-state index contributed by atoms with van der Waals surface area (Å²) in [5.41, 5.74) is 2.99. The highest BCUT2D eigenvalue weighted by molar-refractivity contribution is 4.82. The molecule has 0 bridgehead atoms. The van der Waals surface area contributed by atoms with Gasteiger partial charge in [0, 0.05) is 6.04 Å². The van der Waals surface area contributed by atoms with Crippen LogP contribution in [0.15, 0.2) is 0 Å². The van der Waals surface area contributed by atoms with Crippen LogP contribution in [0.25, 0.3) is 0 Å². The molecule has 1 rings (SSSR count). The monoisotopic (exact) mass is 184 g/mol. The molecule has 1 aliphatic carbocycles. The largest absolute Gasteiger partial charge is 0.271 e. The zero-order valence-corrected chi connectivity index (χ0v) is 9.05. The fourth-order valence-corrected chi connectivity index (χ4v) is 2.62. The lowest BCUT2D eigenvalue weighted by atomic mass is 9.93. The molecule has 3 atom stereocenters. The van der Waals surface area contributed by atoms with Gasteiger partial charge in [-0.25, -0.2) is 0 Å². The molecule has 2 heteroatoms. The fourth-order valence-electron chi connectivity index (χ4n) is 2.62. The van der Waals surface area contributed by atoms with Crippen LogP contribution in [0.1, 0.15) is 52.4 Å². The molecule has 0 saturated heterocycles. The van der Waals surface area contributed by atoms with Crippen molar-refractivity contribution in [2.45, 2.75) is 58.4 Å². The maximum Gasteiger partial charge on any atom is 0.0238 e. The van der Waals surface area contributed by atoms with E-state index in [9.17, 15) is 0 Å². The van der Waals surface area contributed by atoms with Gasteiger partial charge in [-0.1, -0.05) is 33.1 Å². The molecule has 0 aromatic carbocycles. The van der Waals surface area contributed by atoms with E-state index in [2.05, 4.69) is 19.3 Å². The molecule has 78 valence electrons. The van der Waals surface area contributed by atoms with Crippen LogP contribution in [0.4, 0.5) is 0 Å². The van der Waals surface area contributed by atoms with Crippen LogP contribution < -0.4 is 11.3 Å². The van der Waals surface area contributed by atoms with Gasteiger partial charge >= 0.3 is 0 Å². The first-order valence-electron chi connectivity index (χ1n) is 5.77. The molecule has 0 spiro atoms. The molecular formula is C11H24N2. The minimum Gasteiger partial charge on any atom is -0.271 e. The lowest BCUT2D eigenvalue weighted by Crippen LogP contribution is -2.40. The molecular weight excluding hydrogens is 160 g/mol. The van der Waals surface area contributed by atoms with Gasteiger partial charge < -0.3 is 0 Å². The highest BCUT2D eigenvalue weighted by Crippen LogP contribution is 2.35. The predicted octanol–water partition coefficient (Wildman–Crippen LogP) is 2.44. The Balaban J connectivity index is 2.33. The van der Waals surface area contributed by atoms with E-state index in [4.69, 9.17) is 5.84 Å². The average Bonchev–Trinajstić information content (AvgIpc) is 2.62. The zero-order valence-electron chi connectivity index (χ0n) is 9.05. The van der Waals surface area contributed by atoms with Gasteiger partial charge in [0.15, 0.2) is 0 Å². The predicted molar refractivity (Wildman–Crippen MR) is 57.1 cm³/mol. The molecule has 1 aliphatic rings. The molecule has 13 heavy (non-hydrogen) atoms. The minimum absolute atomic E-state index is 0.571. The third-order valence-corrected chi connectivity index (χ3v) is 3.54. The van der Waals surface area contributed by atoms with Crippen molar-refractivity contribution in [3.63, 3.8) is 0 Å². The van der Waals surface area contributed by atoms with E-state index in [1.807, 2.05) is 0 Å². The molecule has 1 fully saturated rings. The zero-order chi connectivity index (χ0) is 9.68. The molecule has 0 aliphatic heterocycles. The summed E-state index contributed by atoms with van der Waals surface area (Å²) in [7, 11) is 0. The van der Waals surface area contributed by atoms with Crippen LogP contribution in [0, 0.1) is 11.8 Å². The summed E-state index contributed by atoms with van der Waals surface area (Å²) in [5.74, 6) is 7.39. The average molecular weight is 184 g/mol. The summed E-state index contributed by atoms with van der Waals surface area (Å²) >= 11 is 0. The fraction of sp³-hybridized carbons (Fsp3) is 1.00. The molecule has 0 amide bonds. The summed E-state index contributed by atoms with van der Waals surface area (Å²) in [6.45, 7) is 4.54. The highest BCUT2D eigenvalue weighted by atomic mass is 15.2. The molecule has 3 N–H and O–H groups in total. The third kappa shape index (κ3) is 2.96. The van der Waals surface area contributed by atoms with E-state index < -0.39 is 0 Å². The summed E-state index contributed by atoms with van der Waals surface area (Å²) in [4.78, 5) is 0. The summed E-state index contributed by atoms with van der Waals surface area (Å²) in [6, 6.07) is 0.571. The van der Waals surface area contributed by atoms with Gasteiger partial charge in [-0.3, -0.25) is 11.3 Å². The molecule has 2 nitrogen and oxygen atoms in total. The van der Waals surface area contributed by atoms with Crippen LogP contribution >= 0.6 is 0 Å². The number of hydrogen-bond acceptors (Lipinski definition) is 2. The molecule has 3 unspecified atom stereocenters. The van der Waals surface area contributed by atoms with Crippen molar-refractivity contribution in [1.82, 2.24) is 5.43 Å². The number of nitrogens with two attached hydrogens (primary N) is 1. The Morgan fingerprint density at radius 3 is 2.62 bits per heavy atom. The second-order valence-corrected chi connectivity index (χ2v) is 4.41. The van der Waals surface area contributed by atoms with Crippen molar-refractivity contribution in [2.24, 2.45) is 17.7 Å². The van der Waals surface area contributed by atoms with Crippen LogP contribution in [0.3, 0.4) is 0 Å². The Bertz CT molecular complexity index is 136. The van der Waals surface area contributed by atoms with Crippen LogP contribution in [0.2, 0.25) is 0 Å². The summed E-state index contributed by atoms with van der Waals surface area (Å²) in [5, 5.41) is 0. The van der Waals surface area contributed by atoms with Crippen molar-refractivity contribution in [3.05, 3.63) is 0 Å². The molecule has 0 radical (unpaired) electrons. The van der Waals surface area contributed by atoms with E-state index in [1.54, 1.807) is 0 Å². The maximum atomic E-state index is 5.58. The second kappa shape index (κ2) is 5.61. The van der Waals surface area contributed by atoms with E-state index in [-0.39, 0.29) is 0 Å². The van der Waals surface area contributed by atoms with E-state index in [0.29, 0.717) is 6.04 Å². The topological polar surface area (TPSA) is 38.0 Å². The lowest BCUT2D eigenvalue weighted by Gasteiger charge is -2.22. The first kappa shape index (κ1) is 11.0. The SMILES string of the molecule is CCCC(NN)C1CCC(CC)C1. The third-order valence-electron chi connectivity index (χ3n) is 3.54. The number of hydrazine groups is 1. The first-order valence-corrected chi connectivity index (χ1v) is 5.77. The van der Waals surface area contributed by atoms with Crippen molar-refractivity contribution in [1.29, 1.82) is 0 Å². The Morgan fingerprint density at radius 1 is 1.38 bits per heavy atom. The van der Waals surface area contributed by atoms with Gasteiger partial charge in [0.2, 0.25) is 0 Å². The van der Waals surface area contributed by atoms with Crippen molar-refractivity contribution in [3.8, 4) is 0 Å². The van der Waals surface area contributed by atoms with Gasteiger partial charge in [-0.2, -0.15) is 0 Å². The minimum atomic E-state index is 0.571. The lowest BCUT2D eigenvalue weighted by molar-refractivity contribution is 0.331. The maximum absolute atomic E-state index is 5.58. The van der Waals surface area contributed by atoms with E-state index in [1.165, 1.54) is 38.5 Å². The second-order valence-electron chi connectivity index (χ2n) is 4.41. The van der Waals surface area contributed by atoms with Gasteiger partial charge in [-0.15, -0.1) is 0 Å². The molecule has 0 aromatic rings. The van der Waals surface area contributed by atoms with Gasteiger partial charge in [-0.05, 0) is 31.1 Å². The number of rotatable bonds is 5. The standard InChI is InChI=1S/C11H24N2/c1-3-5-11(13-12)10-7-6-9(4-2)8-10/h9-11,13H,3-8,12H2,1-2H3. The van der Waals surface area contributed by atoms with Crippen molar-refractivity contribution < 1.29 is 0 Å². The Kier molecular flexibility index (Phi) is 4.74. The highest BCUT2D eigenvalue weighted by Gasteiger charge is 2.28. The smallest absolute Gasteiger partial charge is 0.0238 e. The van der Waals surface area contributed by atoms with Crippen LogP contribution in [-0.4, -0.2) is 6.04 Å². The van der Waals surface area contributed by atoms with Gasteiger partial charge in [0.25, 0.3) is 0 Å². The Morgan fingerprint density at radius 2 is 2.15 bits per heavy atom. The quantitative estimate of drug-likeness (QED) is 0.509. The number of hydrogen-bond donors (Lipinski definition) is 2. The van der Waals surface area contributed by atoms with Gasteiger partial charge in [0.1, 0.15) is 0 Å². The first-order chi connectivity index (χ1) is 6.31. The molecule has 0 heterocycles. The van der Waals surface area contributed by atoms with Crippen molar-refractivity contribution >= 4 is 0 Å². The molecule has 1 saturated carbocycles. The van der Waals surface area contributed by atoms with E-state index >= 15 is 0 Å². The summed E-state index contributed by atoms with van der Waals surface area (Å²) in [6.07, 6.45) is 8.02. The number of nitrogens with one attached hydrogen (secondary N) is 1. The van der Waals surface area contributed by atoms with Gasteiger partial charge in [0.05, 0.1) is 0 Å². The Labute approximate surface area is 82.2 Å². The normalized spacial score (nSPS) is 30.7. The van der Waals surface area contributed by atoms with Crippen LogP contribution in [0.5, 0.6) is 0 Å². The summed E-state index contributed by atoms with van der Waals surface area (Å²) < 4.78 is 0. The Hall–Kier alpha value is -0.0800. The van der Waals surface area contributed by atoms with E-state index in [0.717, 1.165) is 11.8 Å².